The highest BCUT2D eigenvalue weighted by atomic mass is 16.5. The van der Waals surface area contributed by atoms with Crippen molar-refractivity contribution in [2.24, 2.45) is 0 Å². The molecular weight excluding hydrogens is 352 g/mol. The fraction of sp³-hybridized carbons (Fsp3) is 0.478. The molecule has 5 heteroatoms. The second-order valence-corrected chi connectivity index (χ2v) is 7.45. The van der Waals surface area contributed by atoms with Gasteiger partial charge in [0.1, 0.15) is 0 Å². The van der Waals surface area contributed by atoms with Crippen LogP contribution in [0.2, 0.25) is 0 Å². The molecular formula is C23H32N2O3. The fourth-order valence-corrected chi connectivity index (χ4v) is 4.06. The van der Waals surface area contributed by atoms with Gasteiger partial charge >= 0.3 is 0 Å². The summed E-state index contributed by atoms with van der Waals surface area (Å²) in [6, 6.07) is 14.9. The number of piperazine rings is 1. The van der Waals surface area contributed by atoms with Crippen LogP contribution in [0.1, 0.15) is 23.1 Å². The number of aliphatic hydroxyl groups excluding tert-OH is 1. The van der Waals surface area contributed by atoms with Crippen LogP contribution in [-0.2, 0) is 13.1 Å². The van der Waals surface area contributed by atoms with E-state index in [9.17, 15) is 5.11 Å². The van der Waals surface area contributed by atoms with Crippen molar-refractivity contribution in [1.82, 2.24) is 9.80 Å². The molecule has 1 N–H and O–H groups in total. The van der Waals surface area contributed by atoms with Gasteiger partial charge in [-0.3, -0.25) is 9.80 Å². The first-order valence-electron chi connectivity index (χ1n) is 9.98. The molecule has 1 aliphatic heterocycles. The lowest BCUT2D eigenvalue weighted by atomic mass is 10.0. The Hall–Kier alpha value is -2.08. The standard InChI is InChI=1S/C23H32N2O3/c1-18-7-4-5-8-19(18)16-25-13-12-24(17-21(25)11-14-26)15-20-9-6-10-22(27-2)23(20)28-3/h4-10,21,26H,11-17H2,1-3H3. The van der Waals surface area contributed by atoms with Crippen LogP contribution in [0.5, 0.6) is 11.5 Å². The van der Waals surface area contributed by atoms with E-state index in [1.807, 2.05) is 12.1 Å². The van der Waals surface area contributed by atoms with Crippen molar-refractivity contribution in [2.45, 2.75) is 32.5 Å². The maximum atomic E-state index is 9.60. The van der Waals surface area contributed by atoms with E-state index in [0.29, 0.717) is 6.04 Å². The summed E-state index contributed by atoms with van der Waals surface area (Å²) < 4.78 is 11.0. The third-order valence-electron chi connectivity index (χ3n) is 5.66. The van der Waals surface area contributed by atoms with Gasteiger partial charge in [0.2, 0.25) is 0 Å². The first-order valence-corrected chi connectivity index (χ1v) is 9.98. The summed E-state index contributed by atoms with van der Waals surface area (Å²) in [5, 5.41) is 9.60. The molecule has 1 saturated heterocycles. The minimum Gasteiger partial charge on any atom is -0.493 e. The van der Waals surface area contributed by atoms with E-state index in [1.54, 1.807) is 14.2 Å². The number of aryl methyl sites for hydroxylation is 1. The lowest BCUT2D eigenvalue weighted by Crippen LogP contribution is -2.52. The lowest BCUT2D eigenvalue weighted by Gasteiger charge is -2.41. The number of ether oxygens (including phenoxy) is 2. The molecule has 1 atom stereocenters. The number of nitrogens with zero attached hydrogens (tertiary/aromatic N) is 2. The molecule has 1 fully saturated rings. The molecule has 0 bridgehead atoms. The molecule has 152 valence electrons. The van der Waals surface area contributed by atoms with E-state index in [4.69, 9.17) is 9.47 Å². The summed E-state index contributed by atoms with van der Waals surface area (Å²) in [7, 11) is 3.36. The average molecular weight is 385 g/mol. The molecule has 0 saturated carbocycles. The fourth-order valence-electron chi connectivity index (χ4n) is 4.06. The summed E-state index contributed by atoms with van der Waals surface area (Å²) in [5.41, 5.74) is 3.83. The molecule has 0 aromatic heterocycles. The van der Waals surface area contributed by atoms with Crippen LogP contribution in [0.3, 0.4) is 0 Å². The Kier molecular flexibility index (Phi) is 7.31. The van der Waals surface area contributed by atoms with Crippen LogP contribution in [0, 0.1) is 6.92 Å². The summed E-state index contributed by atoms with van der Waals surface area (Å²) >= 11 is 0. The Morgan fingerprint density at radius 2 is 1.75 bits per heavy atom. The number of para-hydroxylation sites is 1. The molecule has 0 spiro atoms. The Morgan fingerprint density at radius 3 is 2.46 bits per heavy atom. The topological polar surface area (TPSA) is 45.2 Å². The van der Waals surface area contributed by atoms with Crippen LogP contribution in [0.15, 0.2) is 42.5 Å². The van der Waals surface area contributed by atoms with Gasteiger partial charge in [0.05, 0.1) is 14.2 Å². The SMILES string of the molecule is COc1cccc(CN2CCN(Cc3ccccc3C)C(CCO)C2)c1OC. The van der Waals surface area contributed by atoms with Gasteiger partial charge in [-0.15, -0.1) is 0 Å². The number of hydrogen-bond acceptors (Lipinski definition) is 5. The molecule has 1 unspecified atom stereocenters. The molecule has 28 heavy (non-hydrogen) atoms. The van der Waals surface area contributed by atoms with E-state index in [1.165, 1.54) is 11.1 Å². The third-order valence-corrected chi connectivity index (χ3v) is 5.66. The van der Waals surface area contributed by atoms with Gasteiger partial charge in [-0.05, 0) is 30.5 Å². The zero-order valence-electron chi connectivity index (χ0n) is 17.2. The maximum absolute atomic E-state index is 9.60. The highest BCUT2D eigenvalue weighted by molar-refractivity contribution is 5.46. The highest BCUT2D eigenvalue weighted by Gasteiger charge is 2.27. The first kappa shape index (κ1) is 20.6. The molecule has 1 heterocycles. The van der Waals surface area contributed by atoms with Crippen LogP contribution in [0.4, 0.5) is 0 Å². The van der Waals surface area contributed by atoms with E-state index < -0.39 is 0 Å². The third kappa shape index (κ3) is 4.85. The van der Waals surface area contributed by atoms with Crippen LogP contribution in [0.25, 0.3) is 0 Å². The van der Waals surface area contributed by atoms with E-state index >= 15 is 0 Å². The van der Waals surface area contributed by atoms with Gasteiger partial charge in [-0.1, -0.05) is 36.4 Å². The van der Waals surface area contributed by atoms with E-state index in [2.05, 4.69) is 47.1 Å². The van der Waals surface area contributed by atoms with Gasteiger partial charge in [-0.2, -0.15) is 0 Å². The Labute approximate surface area is 168 Å². The molecule has 2 aromatic carbocycles. The second kappa shape index (κ2) is 9.92. The van der Waals surface area contributed by atoms with Gasteiger partial charge in [0.15, 0.2) is 11.5 Å². The van der Waals surface area contributed by atoms with Crippen molar-refractivity contribution in [3.05, 3.63) is 59.2 Å². The summed E-state index contributed by atoms with van der Waals surface area (Å²) in [6.45, 7) is 7.06. The smallest absolute Gasteiger partial charge is 0.165 e. The molecule has 0 aliphatic carbocycles. The molecule has 0 radical (unpaired) electrons. The predicted octanol–water partition coefficient (Wildman–Crippen LogP) is 3.08. The molecule has 1 aliphatic rings. The second-order valence-electron chi connectivity index (χ2n) is 7.45. The average Bonchev–Trinajstić information content (AvgIpc) is 2.71. The molecule has 5 nitrogen and oxygen atoms in total. The quantitative estimate of drug-likeness (QED) is 0.758. The highest BCUT2D eigenvalue weighted by Crippen LogP contribution is 2.32. The first-order chi connectivity index (χ1) is 13.7. The van der Waals surface area contributed by atoms with Gasteiger partial charge in [-0.25, -0.2) is 0 Å². The lowest BCUT2D eigenvalue weighted by molar-refractivity contribution is 0.0495. The predicted molar refractivity (Wildman–Crippen MR) is 112 cm³/mol. The zero-order chi connectivity index (χ0) is 19.9. The van der Waals surface area contributed by atoms with Crippen molar-refractivity contribution in [2.75, 3.05) is 40.5 Å². The van der Waals surface area contributed by atoms with Gasteiger partial charge in [0.25, 0.3) is 0 Å². The number of rotatable bonds is 8. The largest absolute Gasteiger partial charge is 0.493 e. The Morgan fingerprint density at radius 1 is 0.964 bits per heavy atom. The van der Waals surface area contributed by atoms with Crippen molar-refractivity contribution >= 4 is 0 Å². The Bertz CT molecular complexity index is 765. The molecule has 0 amide bonds. The Balaban J connectivity index is 1.70. The number of hydrogen-bond donors (Lipinski definition) is 1. The van der Waals surface area contributed by atoms with Gasteiger partial charge in [0, 0.05) is 50.9 Å². The number of benzene rings is 2. The van der Waals surface area contributed by atoms with E-state index in [0.717, 1.165) is 56.2 Å². The van der Waals surface area contributed by atoms with Crippen molar-refractivity contribution in [3.63, 3.8) is 0 Å². The number of methoxy groups -OCH3 is 2. The summed E-state index contributed by atoms with van der Waals surface area (Å²) in [5.74, 6) is 1.58. The molecule has 3 rings (SSSR count). The maximum Gasteiger partial charge on any atom is 0.165 e. The zero-order valence-corrected chi connectivity index (χ0v) is 17.2. The summed E-state index contributed by atoms with van der Waals surface area (Å²) in [6.07, 6.45) is 0.789. The van der Waals surface area contributed by atoms with Crippen molar-refractivity contribution in [3.8, 4) is 11.5 Å². The summed E-state index contributed by atoms with van der Waals surface area (Å²) in [4.78, 5) is 4.96. The normalized spacial score (nSPS) is 18.2. The molecule has 2 aromatic rings. The van der Waals surface area contributed by atoms with E-state index in [-0.39, 0.29) is 6.61 Å². The minimum atomic E-state index is 0.214. The van der Waals surface area contributed by atoms with Crippen LogP contribution in [-0.4, -0.2) is 61.4 Å². The monoisotopic (exact) mass is 384 g/mol. The van der Waals surface area contributed by atoms with Crippen LogP contribution >= 0.6 is 0 Å². The number of aliphatic hydroxyl groups is 1. The van der Waals surface area contributed by atoms with Gasteiger partial charge < -0.3 is 14.6 Å². The van der Waals surface area contributed by atoms with Crippen molar-refractivity contribution in [1.29, 1.82) is 0 Å². The van der Waals surface area contributed by atoms with Crippen molar-refractivity contribution < 1.29 is 14.6 Å². The van der Waals surface area contributed by atoms with Crippen LogP contribution < -0.4 is 9.47 Å². The minimum absolute atomic E-state index is 0.214.